The molecule has 2 aromatic rings. The van der Waals surface area contributed by atoms with Gasteiger partial charge in [-0.1, -0.05) is 12.1 Å². The Hall–Kier alpha value is -3.36. The van der Waals surface area contributed by atoms with Gasteiger partial charge in [-0.2, -0.15) is 5.10 Å². The molecule has 1 atom stereocenters. The molecule has 2 heterocycles. The van der Waals surface area contributed by atoms with Crippen LogP contribution in [-0.4, -0.2) is 44.4 Å². The van der Waals surface area contributed by atoms with Crippen LogP contribution in [0, 0.1) is 0 Å². The highest BCUT2D eigenvalue weighted by atomic mass is 16.3. The van der Waals surface area contributed by atoms with Crippen molar-refractivity contribution in [1.82, 2.24) is 14.6 Å². The van der Waals surface area contributed by atoms with Crippen molar-refractivity contribution >= 4 is 17.3 Å². The number of hydrogen-bond donors (Lipinski definition) is 2. The van der Waals surface area contributed by atoms with Crippen LogP contribution in [-0.2, 0) is 11.8 Å². The predicted octanol–water partition coefficient (Wildman–Crippen LogP) is 1.32. The highest BCUT2D eigenvalue weighted by molar-refractivity contribution is 6.04. The fourth-order valence-corrected chi connectivity index (χ4v) is 3.58. The van der Waals surface area contributed by atoms with Gasteiger partial charge in [0, 0.05) is 39.2 Å². The van der Waals surface area contributed by atoms with Crippen molar-refractivity contribution in [2.45, 2.75) is 33.2 Å². The van der Waals surface area contributed by atoms with E-state index in [0.29, 0.717) is 0 Å². The van der Waals surface area contributed by atoms with Crippen molar-refractivity contribution in [3.05, 3.63) is 56.2 Å². The molecule has 9 nitrogen and oxygen atoms in total. The fraction of sp³-hybridized carbons (Fsp3) is 0.400. The van der Waals surface area contributed by atoms with Gasteiger partial charge in [0.05, 0.1) is 11.8 Å². The minimum absolute atomic E-state index is 0.0967. The number of aromatic hydroxyl groups is 1. The summed E-state index contributed by atoms with van der Waals surface area (Å²) in [4.78, 5) is 40.5. The summed E-state index contributed by atoms with van der Waals surface area (Å²) in [6.45, 7) is 7.35. The van der Waals surface area contributed by atoms with Crippen molar-refractivity contribution in [3.8, 4) is 5.88 Å². The lowest BCUT2D eigenvalue weighted by Gasteiger charge is -2.23. The number of rotatable bonds is 5. The lowest BCUT2D eigenvalue weighted by Crippen LogP contribution is -2.32. The molecule has 9 heteroatoms. The van der Waals surface area contributed by atoms with E-state index in [1.54, 1.807) is 0 Å². The molecule has 2 N–H and O–H groups in total. The lowest BCUT2D eigenvalue weighted by atomic mass is 9.99. The molecule has 29 heavy (non-hydrogen) atoms. The average Bonchev–Trinajstić information content (AvgIpc) is 3.13. The zero-order valence-corrected chi connectivity index (χ0v) is 17.0. The van der Waals surface area contributed by atoms with E-state index >= 15 is 0 Å². The molecule has 0 fully saturated rings. The van der Waals surface area contributed by atoms with Crippen LogP contribution in [0.3, 0.4) is 0 Å². The zero-order valence-electron chi connectivity index (χ0n) is 17.0. The van der Waals surface area contributed by atoms with Crippen LogP contribution in [0.25, 0.3) is 0 Å². The van der Waals surface area contributed by atoms with Crippen LogP contribution >= 0.6 is 0 Å². The lowest BCUT2D eigenvalue weighted by molar-refractivity contribution is -0.130. The number of benzene rings is 1. The zero-order chi connectivity index (χ0) is 21.3. The van der Waals surface area contributed by atoms with Gasteiger partial charge in [0.25, 0.3) is 5.56 Å². The molecule has 1 aromatic heterocycles. The van der Waals surface area contributed by atoms with Crippen LogP contribution < -0.4 is 16.1 Å². The molecule has 0 radical (unpaired) electrons. The molecule has 3 rings (SSSR count). The van der Waals surface area contributed by atoms with Gasteiger partial charge in [-0.25, -0.2) is 9.80 Å². The van der Waals surface area contributed by atoms with Gasteiger partial charge in [-0.3, -0.25) is 19.1 Å². The highest BCUT2D eigenvalue weighted by Gasteiger charge is 2.34. The summed E-state index contributed by atoms with van der Waals surface area (Å²) < 4.78 is 0.934. The maximum absolute atomic E-state index is 12.3. The van der Waals surface area contributed by atoms with E-state index in [0.717, 1.165) is 28.9 Å². The Morgan fingerprint density at radius 3 is 2.41 bits per heavy atom. The van der Waals surface area contributed by atoms with Crippen molar-refractivity contribution in [1.29, 1.82) is 0 Å². The van der Waals surface area contributed by atoms with Gasteiger partial charge in [-0.15, -0.1) is 0 Å². The third-order valence-corrected chi connectivity index (χ3v) is 5.22. The fourth-order valence-electron chi connectivity index (χ4n) is 3.58. The first kappa shape index (κ1) is 20.4. The maximum Gasteiger partial charge on any atom is 0.330 e. The van der Waals surface area contributed by atoms with E-state index in [2.05, 4.69) is 28.8 Å². The quantitative estimate of drug-likeness (QED) is 0.788. The van der Waals surface area contributed by atoms with Crippen LogP contribution in [0.1, 0.15) is 44.4 Å². The first-order valence-corrected chi connectivity index (χ1v) is 9.53. The molecule has 0 bridgehead atoms. The summed E-state index contributed by atoms with van der Waals surface area (Å²) in [6, 6.07) is 7.48. The standard InChI is InChI=1S/C20H25N5O4/c1-5-24(6-2)14-9-7-13(8-10-14)16-11-15(22-25(16)12(3)26)17-18(27)21-20(29)23(4)19(17)28/h7-10,16,28H,5-6,11H2,1-4H3,(H,21,27,29)/t16-/m0/s1. The molecule has 0 unspecified atom stereocenters. The highest BCUT2D eigenvalue weighted by Crippen LogP contribution is 2.34. The molecule has 0 saturated heterocycles. The Bertz CT molecular complexity index is 1060. The van der Waals surface area contributed by atoms with Crippen molar-refractivity contribution in [2.75, 3.05) is 18.0 Å². The first-order valence-electron chi connectivity index (χ1n) is 9.53. The monoisotopic (exact) mass is 399 g/mol. The van der Waals surface area contributed by atoms with E-state index in [1.807, 2.05) is 24.3 Å². The number of H-pyrrole nitrogens is 1. The Kier molecular flexibility index (Phi) is 5.58. The summed E-state index contributed by atoms with van der Waals surface area (Å²) in [7, 11) is 1.35. The van der Waals surface area contributed by atoms with Crippen LogP contribution in [0.4, 0.5) is 5.69 Å². The van der Waals surface area contributed by atoms with Gasteiger partial charge in [0.2, 0.25) is 11.8 Å². The largest absolute Gasteiger partial charge is 0.494 e. The van der Waals surface area contributed by atoms with Crippen LogP contribution in [0.5, 0.6) is 5.88 Å². The van der Waals surface area contributed by atoms with E-state index in [-0.39, 0.29) is 23.6 Å². The van der Waals surface area contributed by atoms with Crippen molar-refractivity contribution < 1.29 is 9.90 Å². The van der Waals surface area contributed by atoms with Crippen molar-refractivity contribution in [2.24, 2.45) is 12.1 Å². The second-order valence-corrected chi connectivity index (χ2v) is 6.91. The number of hydrazone groups is 1. The average molecular weight is 399 g/mol. The van der Waals surface area contributed by atoms with Gasteiger partial charge < -0.3 is 10.0 Å². The molecule has 1 aliphatic rings. The number of anilines is 1. The third kappa shape index (κ3) is 3.67. The summed E-state index contributed by atoms with van der Waals surface area (Å²) in [5.41, 5.74) is 0.662. The predicted molar refractivity (Wildman–Crippen MR) is 110 cm³/mol. The molecule has 0 saturated carbocycles. The SMILES string of the molecule is CCN(CC)c1ccc([C@@H]2CC(c3c(O)n(C)c(=O)[nH]c3=O)=NN2C(C)=O)cc1. The number of hydrogen-bond acceptors (Lipinski definition) is 6. The van der Waals surface area contributed by atoms with Crippen LogP contribution in [0.15, 0.2) is 39.0 Å². The third-order valence-electron chi connectivity index (χ3n) is 5.22. The normalized spacial score (nSPS) is 16.1. The minimum Gasteiger partial charge on any atom is -0.494 e. The molecule has 0 spiro atoms. The molecule has 1 aliphatic heterocycles. The van der Waals surface area contributed by atoms with Gasteiger partial charge in [0.1, 0.15) is 5.56 Å². The Morgan fingerprint density at radius 1 is 1.24 bits per heavy atom. The minimum atomic E-state index is -0.731. The number of carbonyl (C=O) groups excluding carboxylic acids is 1. The molecule has 154 valence electrons. The number of nitrogens with zero attached hydrogens (tertiary/aromatic N) is 4. The van der Waals surface area contributed by atoms with E-state index < -0.39 is 23.2 Å². The smallest absolute Gasteiger partial charge is 0.330 e. The number of aromatic amines is 1. The summed E-state index contributed by atoms with van der Waals surface area (Å²) >= 11 is 0. The summed E-state index contributed by atoms with van der Waals surface area (Å²) in [6.07, 6.45) is 0.249. The second-order valence-electron chi connectivity index (χ2n) is 6.91. The topological polar surface area (TPSA) is 111 Å². The summed E-state index contributed by atoms with van der Waals surface area (Å²) in [5, 5.41) is 15.9. The number of aromatic nitrogens is 2. The van der Waals surface area contributed by atoms with E-state index in [4.69, 9.17) is 0 Å². The summed E-state index contributed by atoms with van der Waals surface area (Å²) in [5.74, 6) is -0.753. The van der Waals surface area contributed by atoms with Crippen molar-refractivity contribution in [3.63, 3.8) is 0 Å². The number of amides is 1. The molecular weight excluding hydrogens is 374 g/mol. The molecule has 0 aliphatic carbocycles. The molecule has 1 aromatic carbocycles. The molecule has 1 amide bonds. The Balaban J connectivity index is 1.98. The van der Waals surface area contributed by atoms with Gasteiger partial charge in [-0.05, 0) is 31.5 Å². The maximum atomic E-state index is 12.3. The van der Waals surface area contributed by atoms with Crippen LogP contribution in [0.2, 0.25) is 0 Å². The Labute approximate surface area is 167 Å². The Morgan fingerprint density at radius 2 is 1.86 bits per heavy atom. The van der Waals surface area contributed by atoms with E-state index in [9.17, 15) is 19.5 Å². The van der Waals surface area contributed by atoms with E-state index in [1.165, 1.54) is 19.0 Å². The first-order chi connectivity index (χ1) is 13.8. The van der Waals surface area contributed by atoms with Gasteiger partial charge in [0.15, 0.2) is 0 Å². The second kappa shape index (κ2) is 7.94. The number of carbonyl (C=O) groups is 1. The molecular formula is C20H25N5O4. The van der Waals surface area contributed by atoms with Gasteiger partial charge >= 0.3 is 5.69 Å². The number of nitrogens with one attached hydrogen (secondary N) is 1.